The molecule has 30 heavy (non-hydrogen) atoms. The van der Waals surface area contributed by atoms with Crippen molar-refractivity contribution in [1.29, 1.82) is 0 Å². The molecule has 2 aliphatic rings. The van der Waals surface area contributed by atoms with Gasteiger partial charge in [0.05, 0.1) is 15.6 Å². The lowest BCUT2D eigenvalue weighted by Crippen LogP contribution is -2.50. The summed E-state index contributed by atoms with van der Waals surface area (Å²) in [5.41, 5.74) is 1.26. The van der Waals surface area contributed by atoms with E-state index in [0.29, 0.717) is 23.7 Å². The van der Waals surface area contributed by atoms with Crippen molar-refractivity contribution in [2.24, 2.45) is 0 Å². The van der Waals surface area contributed by atoms with Gasteiger partial charge in [-0.25, -0.2) is 8.42 Å². The molecule has 4 rings (SSSR count). The maximum atomic E-state index is 13.2. The molecule has 0 spiro atoms. The van der Waals surface area contributed by atoms with Gasteiger partial charge in [0, 0.05) is 32.2 Å². The van der Waals surface area contributed by atoms with Crippen LogP contribution in [0.5, 0.6) is 5.75 Å². The Morgan fingerprint density at radius 3 is 2.60 bits per heavy atom. The molecule has 1 aromatic heterocycles. The second-order valence-electron chi connectivity index (χ2n) is 7.16. The Kier molecular flexibility index (Phi) is 5.52. The number of anilines is 1. The van der Waals surface area contributed by atoms with E-state index in [1.54, 1.807) is 11.8 Å². The lowest BCUT2D eigenvalue weighted by Gasteiger charge is -2.34. The third-order valence-corrected chi connectivity index (χ3v) is 8.53. The van der Waals surface area contributed by atoms with Gasteiger partial charge in [0.1, 0.15) is 10.6 Å². The van der Waals surface area contributed by atoms with Crippen molar-refractivity contribution in [1.82, 2.24) is 9.21 Å². The minimum absolute atomic E-state index is 0.0000746. The van der Waals surface area contributed by atoms with Gasteiger partial charge in [-0.3, -0.25) is 9.59 Å². The van der Waals surface area contributed by atoms with Crippen molar-refractivity contribution in [2.45, 2.75) is 24.8 Å². The predicted molar refractivity (Wildman–Crippen MR) is 114 cm³/mol. The summed E-state index contributed by atoms with van der Waals surface area (Å²) in [6.07, 6.45) is -0.732. The number of thiophene rings is 1. The summed E-state index contributed by atoms with van der Waals surface area (Å²) < 4.78 is 33.2. The molecular weight excluding hydrogens is 450 g/mol. The van der Waals surface area contributed by atoms with Gasteiger partial charge in [-0.1, -0.05) is 11.6 Å². The Balaban J connectivity index is 1.53. The first kappa shape index (κ1) is 21.1. The van der Waals surface area contributed by atoms with Gasteiger partial charge < -0.3 is 15.0 Å². The summed E-state index contributed by atoms with van der Waals surface area (Å²) in [5.74, 6) is -0.146. The fourth-order valence-corrected chi connectivity index (χ4v) is 6.24. The zero-order valence-electron chi connectivity index (χ0n) is 16.3. The number of amides is 2. The average Bonchev–Trinajstić information content (AvgIpc) is 3.14. The van der Waals surface area contributed by atoms with Crippen LogP contribution in [-0.4, -0.2) is 61.7 Å². The molecule has 0 radical (unpaired) electrons. The highest BCUT2D eigenvalue weighted by Crippen LogP contribution is 2.38. The average molecular weight is 470 g/mol. The molecule has 0 aliphatic carbocycles. The molecule has 0 unspecified atom stereocenters. The first-order valence-electron chi connectivity index (χ1n) is 9.33. The highest BCUT2D eigenvalue weighted by Gasteiger charge is 2.34. The molecule has 1 aromatic carbocycles. The molecule has 2 amide bonds. The Hall–Kier alpha value is -2.14. The summed E-state index contributed by atoms with van der Waals surface area (Å²) in [5, 5.41) is 4.51. The summed E-state index contributed by atoms with van der Waals surface area (Å²) in [4.78, 5) is 26.7. The van der Waals surface area contributed by atoms with Crippen molar-refractivity contribution in [3.05, 3.63) is 39.0 Å². The van der Waals surface area contributed by atoms with Gasteiger partial charge in [-0.2, -0.15) is 4.31 Å². The van der Waals surface area contributed by atoms with Gasteiger partial charge in [0.25, 0.3) is 11.8 Å². The second-order valence-corrected chi connectivity index (χ2v) is 10.4. The Morgan fingerprint density at radius 1 is 1.27 bits per heavy atom. The van der Waals surface area contributed by atoms with Crippen LogP contribution in [0.4, 0.5) is 5.69 Å². The number of hydrogen-bond acceptors (Lipinski definition) is 6. The van der Waals surface area contributed by atoms with Crippen molar-refractivity contribution >= 4 is 50.5 Å². The zero-order valence-corrected chi connectivity index (χ0v) is 18.7. The fraction of sp³-hybridized carbons (Fsp3) is 0.368. The van der Waals surface area contributed by atoms with Crippen LogP contribution >= 0.6 is 22.9 Å². The Labute approximate surface area is 183 Å². The number of benzene rings is 1. The molecule has 2 aliphatic heterocycles. The number of aryl methyl sites for hydroxylation is 1. The minimum Gasteiger partial charge on any atom is -0.479 e. The number of rotatable bonds is 3. The van der Waals surface area contributed by atoms with Crippen LogP contribution < -0.4 is 10.1 Å². The number of sulfonamides is 1. The van der Waals surface area contributed by atoms with Gasteiger partial charge in [-0.05, 0) is 36.9 Å². The molecule has 1 atom stereocenters. The van der Waals surface area contributed by atoms with E-state index in [0.717, 1.165) is 5.56 Å². The predicted octanol–water partition coefficient (Wildman–Crippen LogP) is 2.58. The number of ether oxygens (including phenoxy) is 1. The molecule has 160 valence electrons. The smallest absolute Gasteiger partial charge is 0.265 e. The highest BCUT2D eigenvalue weighted by molar-refractivity contribution is 7.89. The van der Waals surface area contributed by atoms with E-state index in [9.17, 15) is 18.0 Å². The molecule has 2 aromatic rings. The standard InChI is InChI=1S/C19H20ClN3O5S2/c1-11-3-8-29-17(11)19(25)22-4-6-23(7-5-22)30(26,27)16-10-15-14(9-13(16)20)21-18(24)12(2)28-15/h3,8-10,12H,4-7H2,1-2H3,(H,21,24)/t12-/m1/s1. The van der Waals surface area contributed by atoms with Crippen LogP contribution in [0.1, 0.15) is 22.2 Å². The summed E-state index contributed by atoms with van der Waals surface area (Å²) in [6.45, 7) is 4.38. The lowest BCUT2D eigenvalue weighted by atomic mass is 10.2. The third kappa shape index (κ3) is 3.68. The molecule has 1 saturated heterocycles. The Morgan fingerprint density at radius 2 is 1.97 bits per heavy atom. The molecular formula is C19H20ClN3O5S2. The van der Waals surface area contributed by atoms with Crippen LogP contribution in [0, 0.1) is 6.92 Å². The first-order chi connectivity index (χ1) is 14.2. The van der Waals surface area contributed by atoms with Gasteiger partial charge in [0.15, 0.2) is 6.10 Å². The van der Waals surface area contributed by atoms with E-state index in [4.69, 9.17) is 16.3 Å². The van der Waals surface area contributed by atoms with Gasteiger partial charge in [-0.15, -0.1) is 11.3 Å². The first-order valence-corrected chi connectivity index (χ1v) is 12.0. The molecule has 8 nitrogen and oxygen atoms in total. The van der Waals surface area contributed by atoms with E-state index >= 15 is 0 Å². The number of nitrogens with one attached hydrogen (secondary N) is 1. The van der Waals surface area contributed by atoms with Gasteiger partial charge >= 0.3 is 0 Å². The summed E-state index contributed by atoms with van der Waals surface area (Å²) >= 11 is 7.62. The molecule has 11 heteroatoms. The normalized spacial score (nSPS) is 19.8. The number of carbonyl (C=O) groups excluding carboxylic acids is 2. The minimum atomic E-state index is -3.89. The van der Waals surface area contributed by atoms with Crippen LogP contribution in [0.15, 0.2) is 28.5 Å². The zero-order chi connectivity index (χ0) is 21.6. The Bertz CT molecular complexity index is 1120. The van der Waals surface area contributed by atoms with E-state index in [2.05, 4.69) is 5.32 Å². The summed E-state index contributed by atoms with van der Waals surface area (Å²) in [7, 11) is -3.89. The number of hydrogen-bond donors (Lipinski definition) is 1. The highest BCUT2D eigenvalue weighted by atomic mass is 35.5. The number of fused-ring (bicyclic) bond motifs is 1. The molecule has 0 bridgehead atoms. The van der Waals surface area contributed by atoms with Crippen LogP contribution in [0.25, 0.3) is 0 Å². The van der Waals surface area contributed by atoms with Crippen molar-refractivity contribution in [2.75, 3.05) is 31.5 Å². The monoisotopic (exact) mass is 469 g/mol. The number of halogens is 1. The second kappa shape index (κ2) is 7.84. The number of carbonyl (C=O) groups is 2. The summed E-state index contributed by atoms with van der Waals surface area (Å²) in [6, 6.07) is 4.62. The van der Waals surface area contributed by atoms with E-state index in [1.807, 2.05) is 18.4 Å². The third-order valence-electron chi connectivity index (χ3n) is 5.16. The van der Waals surface area contributed by atoms with Crippen LogP contribution in [0.2, 0.25) is 5.02 Å². The van der Waals surface area contributed by atoms with Crippen LogP contribution in [0.3, 0.4) is 0 Å². The van der Waals surface area contributed by atoms with Crippen molar-refractivity contribution in [3.8, 4) is 5.75 Å². The molecule has 3 heterocycles. The largest absolute Gasteiger partial charge is 0.479 e. The SMILES string of the molecule is Cc1ccsc1C(=O)N1CCN(S(=O)(=O)c2cc3c(cc2Cl)NC(=O)[C@@H](C)O3)CC1. The fourth-order valence-electron chi connectivity index (χ4n) is 3.41. The quantitative estimate of drug-likeness (QED) is 0.745. The van der Waals surface area contributed by atoms with Crippen LogP contribution in [-0.2, 0) is 14.8 Å². The topological polar surface area (TPSA) is 96.0 Å². The molecule has 0 saturated carbocycles. The number of piperazine rings is 1. The van der Waals surface area contributed by atoms with E-state index in [-0.39, 0.29) is 40.6 Å². The van der Waals surface area contributed by atoms with Crippen molar-refractivity contribution in [3.63, 3.8) is 0 Å². The maximum absolute atomic E-state index is 13.2. The maximum Gasteiger partial charge on any atom is 0.265 e. The molecule has 1 N–H and O–H groups in total. The number of nitrogens with zero attached hydrogens (tertiary/aromatic N) is 2. The van der Waals surface area contributed by atoms with E-state index < -0.39 is 16.1 Å². The van der Waals surface area contributed by atoms with E-state index in [1.165, 1.54) is 27.8 Å². The van der Waals surface area contributed by atoms with Gasteiger partial charge in [0.2, 0.25) is 10.0 Å². The molecule has 1 fully saturated rings. The lowest BCUT2D eigenvalue weighted by molar-refractivity contribution is -0.122. The van der Waals surface area contributed by atoms with Crippen molar-refractivity contribution < 1.29 is 22.7 Å².